The molecule has 0 aliphatic heterocycles. The number of pyridine rings is 1. The standard InChI is InChI=1S/C14H20N4/c1-4-12-9-13(18(5-2)17-12)14(15-3)11-7-6-8-16-10-11/h6-10,14-15H,4-5H2,1-3H3. The first-order valence-corrected chi connectivity index (χ1v) is 6.43. The van der Waals surface area contributed by atoms with Gasteiger partial charge in [-0.05, 0) is 38.1 Å². The lowest BCUT2D eigenvalue weighted by molar-refractivity contribution is 0.559. The molecular weight excluding hydrogens is 224 g/mol. The summed E-state index contributed by atoms with van der Waals surface area (Å²) in [7, 11) is 1.97. The Balaban J connectivity index is 2.41. The maximum atomic E-state index is 4.60. The number of nitrogens with zero attached hydrogens (tertiary/aromatic N) is 3. The third-order valence-corrected chi connectivity index (χ3v) is 3.13. The summed E-state index contributed by atoms with van der Waals surface area (Å²) in [6.07, 6.45) is 4.66. The van der Waals surface area contributed by atoms with Gasteiger partial charge in [0.1, 0.15) is 0 Å². The van der Waals surface area contributed by atoms with E-state index in [4.69, 9.17) is 0 Å². The minimum absolute atomic E-state index is 0.145. The van der Waals surface area contributed by atoms with Crippen molar-refractivity contribution in [3.8, 4) is 0 Å². The first-order chi connectivity index (χ1) is 8.80. The van der Waals surface area contributed by atoms with Crippen LogP contribution in [0.2, 0.25) is 0 Å². The van der Waals surface area contributed by atoms with Gasteiger partial charge in [-0.2, -0.15) is 5.10 Å². The lowest BCUT2D eigenvalue weighted by Crippen LogP contribution is -2.21. The summed E-state index contributed by atoms with van der Waals surface area (Å²) >= 11 is 0. The van der Waals surface area contributed by atoms with Gasteiger partial charge in [-0.25, -0.2) is 0 Å². The summed E-state index contributed by atoms with van der Waals surface area (Å²) in [5.41, 5.74) is 3.50. The van der Waals surface area contributed by atoms with Gasteiger partial charge < -0.3 is 5.32 Å². The van der Waals surface area contributed by atoms with Crippen LogP contribution in [0.4, 0.5) is 0 Å². The lowest BCUT2D eigenvalue weighted by Gasteiger charge is -2.17. The van der Waals surface area contributed by atoms with Gasteiger partial charge >= 0.3 is 0 Å². The average Bonchev–Trinajstić information content (AvgIpc) is 2.84. The van der Waals surface area contributed by atoms with Crippen LogP contribution in [0.3, 0.4) is 0 Å². The van der Waals surface area contributed by atoms with E-state index in [9.17, 15) is 0 Å². The molecule has 0 saturated heterocycles. The summed E-state index contributed by atoms with van der Waals surface area (Å²) < 4.78 is 2.06. The summed E-state index contributed by atoms with van der Waals surface area (Å²) in [5.74, 6) is 0. The van der Waals surface area contributed by atoms with Crippen LogP contribution >= 0.6 is 0 Å². The largest absolute Gasteiger partial charge is 0.308 e. The Morgan fingerprint density at radius 2 is 2.22 bits per heavy atom. The first kappa shape index (κ1) is 12.8. The average molecular weight is 244 g/mol. The van der Waals surface area contributed by atoms with Gasteiger partial charge in [-0.15, -0.1) is 0 Å². The number of nitrogens with one attached hydrogen (secondary N) is 1. The monoisotopic (exact) mass is 244 g/mol. The van der Waals surface area contributed by atoms with E-state index in [1.807, 2.05) is 19.3 Å². The Morgan fingerprint density at radius 1 is 1.39 bits per heavy atom. The molecule has 0 bridgehead atoms. The van der Waals surface area contributed by atoms with Gasteiger partial charge in [0.2, 0.25) is 0 Å². The van der Waals surface area contributed by atoms with Crippen LogP contribution in [0.5, 0.6) is 0 Å². The molecule has 0 saturated carbocycles. The van der Waals surface area contributed by atoms with Crippen molar-refractivity contribution in [2.75, 3.05) is 7.05 Å². The Labute approximate surface area is 108 Å². The maximum Gasteiger partial charge on any atom is 0.0760 e. The molecule has 1 N–H and O–H groups in total. The van der Waals surface area contributed by atoms with Gasteiger partial charge in [0.15, 0.2) is 0 Å². The molecule has 0 aromatic carbocycles. The highest BCUT2D eigenvalue weighted by Gasteiger charge is 2.17. The van der Waals surface area contributed by atoms with Gasteiger partial charge in [-0.1, -0.05) is 13.0 Å². The summed E-state index contributed by atoms with van der Waals surface area (Å²) in [4.78, 5) is 4.19. The Hall–Kier alpha value is -1.68. The zero-order valence-corrected chi connectivity index (χ0v) is 11.2. The second-order valence-corrected chi connectivity index (χ2v) is 4.24. The van der Waals surface area contributed by atoms with Gasteiger partial charge in [-0.3, -0.25) is 9.67 Å². The first-order valence-electron chi connectivity index (χ1n) is 6.43. The molecule has 2 rings (SSSR count). The van der Waals surface area contributed by atoms with E-state index >= 15 is 0 Å². The van der Waals surface area contributed by atoms with Crippen molar-refractivity contribution in [1.29, 1.82) is 0 Å². The minimum atomic E-state index is 0.145. The number of aromatic nitrogens is 3. The van der Waals surface area contributed by atoms with Crippen molar-refractivity contribution < 1.29 is 0 Å². The number of hydrogen-bond acceptors (Lipinski definition) is 3. The van der Waals surface area contributed by atoms with Crippen LogP contribution in [0, 0.1) is 0 Å². The molecule has 2 heterocycles. The highest BCUT2D eigenvalue weighted by molar-refractivity contribution is 5.27. The van der Waals surface area contributed by atoms with E-state index in [2.05, 4.69) is 46.1 Å². The molecule has 4 heteroatoms. The molecule has 96 valence electrons. The predicted octanol–water partition coefficient (Wildman–Crippen LogP) is 2.17. The molecule has 1 atom stereocenters. The minimum Gasteiger partial charge on any atom is -0.308 e. The van der Waals surface area contributed by atoms with Crippen molar-refractivity contribution in [2.24, 2.45) is 0 Å². The van der Waals surface area contributed by atoms with Gasteiger partial charge in [0.25, 0.3) is 0 Å². The molecule has 2 aromatic rings. The molecule has 2 aromatic heterocycles. The quantitative estimate of drug-likeness (QED) is 0.876. The predicted molar refractivity (Wildman–Crippen MR) is 72.4 cm³/mol. The van der Waals surface area contributed by atoms with Crippen molar-refractivity contribution in [3.05, 3.63) is 47.5 Å². The van der Waals surface area contributed by atoms with Crippen molar-refractivity contribution in [1.82, 2.24) is 20.1 Å². The number of hydrogen-bond donors (Lipinski definition) is 1. The van der Waals surface area contributed by atoms with Crippen LogP contribution in [-0.4, -0.2) is 21.8 Å². The fraction of sp³-hybridized carbons (Fsp3) is 0.429. The molecule has 0 radical (unpaired) electrons. The molecule has 1 unspecified atom stereocenters. The third kappa shape index (κ3) is 2.43. The van der Waals surface area contributed by atoms with Crippen LogP contribution < -0.4 is 5.32 Å². The van der Waals surface area contributed by atoms with Crippen LogP contribution in [0.15, 0.2) is 30.6 Å². The summed E-state index contributed by atoms with van der Waals surface area (Å²) in [6, 6.07) is 6.38. The smallest absolute Gasteiger partial charge is 0.0760 e. The van der Waals surface area contributed by atoms with Crippen LogP contribution in [0.1, 0.15) is 36.8 Å². The van der Waals surface area contributed by atoms with E-state index in [0.29, 0.717) is 0 Å². The molecule has 0 fully saturated rings. The van der Waals surface area contributed by atoms with E-state index < -0.39 is 0 Å². The zero-order chi connectivity index (χ0) is 13.0. The molecule has 0 spiro atoms. The Kier molecular flexibility index (Phi) is 4.10. The molecule has 0 aliphatic rings. The molecule has 4 nitrogen and oxygen atoms in total. The maximum absolute atomic E-state index is 4.60. The highest BCUT2D eigenvalue weighted by atomic mass is 15.3. The van der Waals surface area contributed by atoms with Crippen LogP contribution in [0.25, 0.3) is 0 Å². The van der Waals surface area contributed by atoms with E-state index in [1.54, 1.807) is 6.20 Å². The third-order valence-electron chi connectivity index (χ3n) is 3.13. The van der Waals surface area contributed by atoms with E-state index in [0.717, 1.165) is 24.2 Å². The second kappa shape index (κ2) is 5.78. The normalized spacial score (nSPS) is 12.6. The molecule has 18 heavy (non-hydrogen) atoms. The summed E-state index contributed by atoms with van der Waals surface area (Å²) in [6.45, 7) is 5.13. The second-order valence-electron chi connectivity index (χ2n) is 4.24. The molecular formula is C14H20N4. The van der Waals surface area contributed by atoms with Gasteiger partial charge in [0, 0.05) is 18.9 Å². The van der Waals surface area contributed by atoms with Crippen LogP contribution in [-0.2, 0) is 13.0 Å². The highest BCUT2D eigenvalue weighted by Crippen LogP contribution is 2.22. The Bertz CT molecular complexity index is 490. The molecule has 0 amide bonds. The lowest BCUT2D eigenvalue weighted by atomic mass is 10.1. The number of rotatable bonds is 5. The number of aryl methyl sites for hydroxylation is 2. The zero-order valence-electron chi connectivity index (χ0n) is 11.2. The summed E-state index contributed by atoms with van der Waals surface area (Å²) in [5, 5.41) is 7.94. The van der Waals surface area contributed by atoms with Crippen molar-refractivity contribution >= 4 is 0 Å². The van der Waals surface area contributed by atoms with Crippen molar-refractivity contribution in [2.45, 2.75) is 32.9 Å². The molecule has 0 aliphatic carbocycles. The fourth-order valence-corrected chi connectivity index (χ4v) is 2.18. The topological polar surface area (TPSA) is 42.7 Å². The SMILES string of the molecule is CCc1cc(C(NC)c2cccnc2)n(CC)n1. The Morgan fingerprint density at radius 3 is 2.78 bits per heavy atom. The van der Waals surface area contributed by atoms with E-state index in [-0.39, 0.29) is 6.04 Å². The van der Waals surface area contributed by atoms with Gasteiger partial charge in [0.05, 0.1) is 17.4 Å². The van der Waals surface area contributed by atoms with Crippen molar-refractivity contribution in [3.63, 3.8) is 0 Å². The van der Waals surface area contributed by atoms with E-state index in [1.165, 1.54) is 5.69 Å². The fourth-order valence-electron chi connectivity index (χ4n) is 2.18.